The number of halogens is 2. The number of nitrogens with zero attached hydrogens (tertiary/aromatic N) is 7. The van der Waals surface area contributed by atoms with Gasteiger partial charge in [-0.25, -0.2) is 18.0 Å². The number of likely N-dealkylation sites (tertiary alicyclic amines) is 1. The zero-order valence-electron chi connectivity index (χ0n) is 19.8. The molecule has 0 spiro atoms. The van der Waals surface area contributed by atoms with Crippen LogP contribution in [0.15, 0.2) is 30.5 Å². The van der Waals surface area contributed by atoms with Gasteiger partial charge < -0.3 is 20.1 Å². The van der Waals surface area contributed by atoms with Gasteiger partial charge in [-0.15, -0.1) is 10.2 Å². The molecule has 13 heteroatoms. The Bertz CT molecular complexity index is 1410. The van der Waals surface area contributed by atoms with Crippen LogP contribution in [0.2, 0.25) is 0 Å². The number of fused-ring (bicyclic) bond motifs is 2. The fourth-order valence-corrected chi connectivity index (χ4v) is 4.48. The van der Waals surface area contributed by atoms with Crippen molar-refractivity contribution in [2.24, 2.45) is 0 Å². The fraction of sp³-hybridized carbons (Fsp3) is 0.435. The number of aliphatic hydroxyl groups excluding tert-OH is 1. The van der Waals surface area contributed by atoms with Crippen molar-refractivity contribution in [1.29, 1.82) is 0 Å². The highest BCUT2D eigenvalue weighted by atomic mass is 19.1. The summed E-state index contributed by atoms with van der Waals surface area (Å²) in [6.07, 6.45) is 0.739. The highest BCUT2D eigenvalue weighted by Gasteiger charge is 2.32. The number of aliphatic hydroxyl groups is 1. The molecule has 190 valence electrons. The number of hydrogen-bond acceptors (Lipinski definition) is 8. The molecule has 0 bridgehead atoms. The van der Waals surface area contributed by atoms with Crippen LogP contribution in [0.4, 0.5) is 14.7 Å². The summed E-state index contributed by atoms with van der Waals surface area (Å²) < 4.78 is 36.7. The van der Waals surface area contributed by atoms with E-state index in [0.29, 0.717) is 35.4 Å². The number of ether oxygens (including phenoxy) is 1. The standard InChI is InChI=1S/C23H26F2N8O3/c1-13(10-24)33-19-9-14(3-4-18(19)28-30-33)15-5-8-32-21(15)22(36-2)27-23(29-32)26-17-6-7-31(11-16(17)25)20(35)12-34/h3-5,8-9,13,16-17,34H,6-7,10-12H2,1-2H3,(H,26,29)/t13-,16+,17-/m0/s1. The highest BCUT2D eigenvalue weighted by Crippen LogP contribution is 2.33. The largest absolute Gasteiger partial charge is 0.479 e. The minimum Gasteiger partial charge on any atom is -0.479 e. The Balaban J connectivity index is 1.45. The molecule has 3 aromatic heterocycles. The Morgan fingerprint density at radius 3 is 2.92 bits per heavy atom. The zero-order chi connectivity index (χ0) is 25.4. The minimum absolute atomic E-state index is 0.112. The Hall–Kier alpha value is -3.87. The summed E-state index contributed by atoms with van der Waals surface area (Å²) >= 11 is 0. The van der Waals surface area contributed by atoms with Crippen LogP contribution >= 0.6 is 0 Å². The van der Waals surface area contributed by atoms with Gasteiger partial charge in [0, 0.05) is 18.3 Å². The molecule has 0 radical (unpaired) electrons. The summed E-state index contributed by atoms with van der Waals surface area (Å²) in [7, 11) is 1.49. The summed E-state index contributed by atoms with van der Waals surface area (Å²) in [6.45, 7) is 0.735. The summed E-state index contributed by atoms with van der Waals surface area (Å²) in [5.74, 6) is -0.0169. The van der Waals surface area contributed by atoms with E-state index in [9.17, 15) is 13.6 Å². The van der Waals surface area contributed by atoms with Gasteiger partial charge in [0.15, 0.2) is 0 Å². The lowest BCUT2D eigenvalue weighted by Gasteiger charge is -2.34. The van der Waals surface area contributed by atoms with Crippen molar-refractivity contribution in [3.63, 3.8) is 0 Å². The lowest BCUT2D eigenvalue weighted by molar-refractivity contribution is -0.136. The number of nitrogens with one attached hydrogen (secondary N) is 1. The van der Waals surface area contributed by atoms with Crippen LogP contribution in [-0.2, 0) is 4.79 Å². The van der Waals surface area contributed by atoms with Crippen molar-refractivity contribution in [2.45, 2.75) is 31.6 Å². The maximum absolute atomic E-state index is 14.8. The highest BCUT2D eigenvalue weighted by molar-refractivity contribution is 5.89. The second-order valence-electron chi connectivity index (χ2n) is 8.76. The van der Waals surface area contributed by atoms with E-state index >= 15 is 0 Å². The second-order valence-corrected chi connectivity index (χ2v) is 8.76. The number of methoxy groups -OCH3 is 1. The third kappa shape index (κ3) is 4.19. The maximum Gasteiger partial charge on any atom is 0.248 e. The van der Waals surface area contributed by atoms with Crippen molar-refractivity contribution in [3.05, 3.63) is 30.5 Å². The van der Waals surface area contributed by atoms with Crippen LogP contribution in [0.3, 0.4) is 0 Å². The molecule has 4 heterocycles. The zero-order valence-corrected chi connectivity index (χ0v) is 19.8. The summed E-state index contributed by atoms with van der Waals surface area (Å²) in [6, 6.07) is 6.41. The number of carbonyl (C=O) groups excluding carboxylic acids is 1. The van der Waals surface area contributed by atoms with E-state index in [2.05, 4.69) is 25.7 Å². The third-order valence-corrected chi connectivity index (χ3v) is 6.44. The van der Waals surface area contributed by atoms with E-state index in [1.54, 1.807) is 22.3 Å². The molecule has 11 nitrogen and oxygen atoms in total. The molecule has 2 N–H and O–H groups in total. The monoisotopic (exact) mass is 500 g/mol. The Kier molecular flexibility index (Phi) is 6.39. The molecular formula is C23H26F2N8O3. The predicted molar refractivity (Wildman–Crippen MR) is 127 cm³/mol. The van der Waals surface area contributed by atoms with Crippen LogP contribution in [0.25, 0.3) is 27.7 Å². The van der Waals surface area contributed by atoms with Crippen LogP contribution in [0.1, 0.15) is 19.4 Å². The lowest BCUT2D eigenvalue weighted by atomic mass is 10.0. The first kappa shape index (κ1) is 23.9. The van der Waals surface area contributed by atoms with E-state index in [1.807, 2.05) is 24.3 Å². The molecule has 0 unspecified atom stereocenters. The number of aromatic nitrogens is 6. The summed E-state index contributed by atoms with van der Waals surface area (Å²) in [4.78, 5) is 17.4. The average molecular weight is 501 g/mol. The fourth-order valence-electron chi connectivity index (χ4n) is 4.48. The van der Waals surface area contributed by atoms with Gasteiger partial charge in [0.1, 0.15) is 30.5 Å². The number of alkyl halides is 2. The molecule has 0 saturated carbocycles. The Morgan fingerprint density at radius 2 is 2.19 bits per heavy atom. The molecule has 1 aliphatic heterocycles. The average Bonchev–Trinajstić information content (AvgIpc) is 3.52. The number of benzene rings is 1. The Morgan fingerprint density at radius 1 is 1.36 bits per heavy atom. The number of piperidine rings is 1. The number of rotatable bonds is 7. The summed E-state index contributed by atoms with van der Waals surface area (Å²) in [5.41, 5.74) is 3.59. The first-order valence-corrected chi connectivity index (χ1v) is 11.6. The van der Waals surface area contributed by atoms with Crippen LogP contribution in [0, 0.1) is 0 Å². The second kappa shape index (κ2) is 9.64. The van der Waals surface area contributed by atoms with Gasteiger partial charge >= 0.3 is 0 Å². The van der Waals surface area contributed by atoms with E-state index in [1.165, 1.54) is 12.0 Å². The molecule has 36 heavy (non-hydrogen) atoms. The topological polar surface area (TPSA) is 123 Å². The molecule has 0 aliphatic carbocycles. The van der Waals surface area contributed by atoms with Gasteiger partial charge in [-0.1, -0.05) is 11.3 Å². The first-order valence-electron chi connectivity index (χ1n) is 11.6. The lowest BCUT2D eigenvalue weighted by Crippen LogP contribution is -2.50. The predicted octanol–water partition coefficient (Wildman–Crippen LogP) is 2.02. The molecule has 1 amide bonds. The molecular weight excluding hydrogens is 474 g/mol. The third-order valence-electron chi connectivity index (χ3n) is 6.44. The number of carbonyl (C=O) groups is 1. The van der Waals surface area contributed by atoms with E-state index in [0.717, 1.165) is 11.1 Å². The van der Waals surface area contributed by atoms with Gasteiger partial charge in [0.25, 0.3) is 0 Å². The van der Waals surface area contributed by atoms with Crippen molar-refractivity contribution in [2.75, 3.05) is 38.8 Å². The van der Waals surface area contributed by atoms with Gasteiger partial charge in [-0.3, -0.25) is 4.79 Å². The Labute approximate surface area is 204 Å². The number of hydrogen-bond donors (Lipinski definition) is 2. The quantitative estimate of drug-likeness (QED) is 0.395. The van der Waals surface area contributed by atoms with Crippen molar-refractivity contribution >= 4 is 28.4 Å². The van der Waals surface area contributed by atoms with Crippen molar-refractivity contribution in [3.8, 4) is 17.0 Å². The molecule has 4 aromatic rings. The van der Waals surface area contributed by atoms with Crippen molar-refractivity contribution < 1.29 is 23.4 Å². The molecule has 1 aromatic carbocycles. The smallest absolute Gasteiger partial charge is 0.248 e. The van der Waals surface area contributed by atoms with E-state index in [-0.39, 0.29) is 12.5 Å². The normalized spacial score (nSPS) is 19.1. The number of amides is 1. The van der Waals surface area contributed by atoms with Crippen LogP contribution in [0.5, 0.6) is 5.88 Å². The van der Waals surface area contributed by atoms with E-state index in [4.69, 9.17) is 9.84 Å². The molecule has 1 saturated heterocycles. The first-order chi connectivity index (χ1) is 17.4. The van der Waals surface area contributed by atoms with Gasteiger partial charge in [-0.05, 0) is 37.1 Å². The summed E-state index contributed by atoms with van der Waals surface area (Å²) in [5, 5.41) is 24.7. The molecule has 1 fully saturated rings. The minimum atomic E-state index is -1.35. The SMILES string of the molecule is COc1nc(N[C@H]2CCN(C(=O)CO)C[C@H]2F)nn2ccc(-c3ccc4nnn([C@@H](C)CF)c4c3)c12. The molecule has 3 atom stereocenters. The van der Waals surface area contributed by atoms with Gasteiger partial charge in [-0.2, -0.15) is 4.98 Å². The van der Waals surface area contributed by atoms with Gasteiger partial charge in [0.05, 0.1) is 31.3 Å². The maximum atomic E-state index is 14.8. The van der Waals surface area contributed by atoms with E-state index < -0.39 is 37.4 Å². The molecule has 1 aliphatic rings. The number of anilines is 1. The van der Waals surface area contributed by atoms with Crippen LogP contribution in [-0.4, -0.2) is 91.2 Å². The van der Waals surface area contributed by atoms with Crippen LogP contribution < -0.4 is 10.1 Å². The molecule has 5 rings (SSSR count). The van der Waals surface area contributed by atoms with Crippen molar-refractivity contribution in [1.82, 2.24) is 34.5 Å². The van der Waals surface area contributed by atoms with Gasteiger partial charge in [0.2, 0.25) is 17.7 Å².